The van der Waals surface area contributed by atoms with Gasteiger partial charge >= 0.3 is 0 Å². The lowest BCUT2D eigenvalue weighted by Gasteiger charge is -2.32. The van der Waals surface area contributed by atoms with Crippen LogP contribution in [0.3, 0.4) is 0 Å². The summed E-state index contributed by atoms with van der Waals surface area (Å²) in [6, 6.07) is 82.6. The van der Waals surface area contributed by atoms with Crippen LogP contribution in [0.25, 0.3) is 77.2 Å². The van der Waals surface area contributed by atoms with Crippen molar-refractivity contribution in [2.24, 2.45) is 0 Å². The first-order chi connectivity index (χ1) is 29.5. The summed E-state index contributed by atoms with van der Waals surface area (Å²) in [7, 11) is 0. The number of nitrogens with zero attached hydrogens (tertiary/aromatic N) is 1. The van der Waals surface area contributed by atoms with Crippen LogP contribution in [0.2, 0.25) is 0 Å². The van der Waals surface area contributed by atoms with Gasteiger partial charge in [-0.3, -0.25) is 0 Å². The summed E-state index contributed by atoms with van der Waals surface area (Å²) in [4.78, 5) is 2.51. The Morgan fingerprint density at radius 1 is 0.317 bits per heavy atom. The van der Waals surface area contributed by atoms with Gasteiger partial charge in [0.15, 0.2) is 0 Å². The van der Waals surface area contributed by atoms with E-state index in [0.29, 0.717) is 0 Å². The highest BCUT2D eigenvalue weighted by Gasteiger charge is 2.35. The van der Waals surface area contributed by atoms with E-state index >= 15 is 0 Å². The molecule has 0 saturated carbocycles. The molecule has 0 aliphatic heterocycles. The van der Waals surface area contributed by atoms with Gasteiger partial charge in [-0.25, -0.2) is 0 Å². The Morgan fingerprint density at radius 2 is 0.883 bits per heavy atom. The molecule has 0 radical (unpaired) electrons. The van der Waals surface area contributed by atoms with Crippen molar-refractivity contribution < 1.29 is 0 Å². The normalized spacial score (nSPS) is 12.6. The highest BCUT2D eigenvalue weighted by molar-refractivity contribution is 6.10. The SMILES string of the molecule is CC1(C)c2ccccc2-c2ccc(-c3ccccc3N(c3ccc4c(ccc5ccccc54)c3)c3cccc(-c4ccccc4)c3-c3ccccc3-c3ccccc3)cc21. The summed E-state index contributed by atoms with van der Waals surface area (Å²) in [5, 5.41) is 4.96. The van der Waals surface area contributed by atoms with Crippen molar-refractivity contribution in [1.29, 1.82) is 0 Å². The summed E-state index contributed by atoms with van der Waals surface area (Å²) >= 11 is 0. The maximum Gasteiger partial charge on any atom is 0.0546 e. The quantitative estimate of drug-likeness (QED) is 0.146. The Balaban J connectivity index is 1.20. The number of hydrogen-bond donors (Lipinski definition) is 0. The molecule has 0 atom stereocenters. The first-order valence-corrected chi connectivity index (χ1v) is 20.9. The van der Waals surface area contributed by atoms with E-state index in [1.807, 2.05) is 0 Å². The van der Waals surface area contributed by atoms with E-state index in [1.165, 1.54) is 88.3 Å². The predicted molar refractivity (Wildman–Crippen MR) is 255 cm³/mol. The lowest BCUT2D eigenvalue weighted by Crippen LogP contribution is -2.15. The second-order valence-corrected chi connectivity index (χ2v) is 16.5. The second kappa shape index (κ2) is 14.4. The predicted octanol–water partition coefficient (Wildman–Crippen LogP) is 16.4. The topological polar surface area (TPSA) is 3.24 Å². The Labute approximate surface area is 352 Å². The Kier molecular flexibility index (Phi) is 8.57. The van der Waals surface area contributed by atoms with Crippen molar-refractivity contribution in [2.75, 3.05) is 4.90 Å². The molecule has 11 rings (SSSR count). The molecule has 10 aromatic rings. The molecule has 1 heteroatoms. The minimum absolute atomic E-state index is 0.115. The highest BCUT2D eigenvalue weighted by atomic mass is 15.1. The van der Waals surface area contributed by atoms with Gasteiger partial charge in [0, 0.05) is 22.2 Å². The van der Waals surface area contributed by atoms with E-state index in [4.69, 9.17) is 0 Å². The van der Waals surface area contributed by atoms with E-state index in [0.717, 1.165) is 17.1 Å². The minimum atomic E-state index is -0.115. The monoisotopic (exact) mass is 765 g/mol. The molecule has 1 nitrogen and oxygen atoms in total. The van der Waals surface area contributed by atoms with Gasteiger partial charge in [0.1, 0.15) is 0 Å². The number of anilines is 3. The van der Waals surface area contributed by atoms with Gasteiger partial charge < -0.3 is 4.90 Å². The van der Waals surface area contributed by atoms with Gasteiger partial charge in [0.05, 0.1) is 11.4 Å². The standard InChI is InChI=1S/C59H43N/c1-59(2)54-29-15-13-26-51(54)52-36-34-44(39-55(52)59)49-25-14-16-30-56(49)60(45-35-37-48-43(38-45)33-32-42-22-9-10-23-46(42)48)57-31-17-28-50(41-20-7-4-8-21-41)58(57)53-27-12-11-24-47(53)40-18-5-3-6-19-40/h3-39H,1-2H3. The molecule has 0 unspecified atom stereocenters. The molecule has 0 heterocycles. The number of hydrogen-bond acceptors (Lipinski definition) is 1. The molecule has 10 aromatic carbocycles. The van der Waals surface area contributed by atoms with Crippen molar-refractivity contribution in [3.05, 3.63) is 236 Å². The lowest BCUT2D eigenvalue weighted by molar-refractivity contribution is 0.660. The van der Waals surface area contributed by atoms with Gasteiger partial charge in [0.25, 0.3) is 0 Å². The Bertz CT molecular complexity index is 3230. The van der Waals surface area contributed by atoms with Crippen LogP contribution >= 0.6 is 0 Å². The summed E-state index contributed by atoms with van der Waals surface area (Å²) in [5.41, 5.74) is 18.1. The highest BCUT2D eigenvalue weighted by Crippen LogP contribution is 2.53. The fourth-order valence-electron chi connectivity index (χ4n) is 9.77. The summed E-state index contributed by atoms with van der Waals surface area (Å²) < 4.78 is 0. The largest absolute Gasteiger partial charge is 0.309 e. The number of benzene rings is 10. The van der Waals surface area contributed by atoms with Crippen LogP contribution in [0.15, 0.2) is 224 Å². The van der Waals surface area contributed by atoms with Crippen LogP contribution in [0.5, 0.6) is 0 Å². The van der Waals surface area contributed by atoms with Crippen molar-refractivity contribution in [1.82, 2.24) is 0 Å². The van der Waals surface area contributed by atoms with Crippen molar-refractivity contribution >= 4 is 38.6 Å². The molecule has 0 spiro atoms. The van der Waals surface area contributed by atoms with E-state index in [9.17, 15) is 0 Å². The van der Waals surface area contributed by atoms with Crippen LogP contribution in [-0.2, 0) is 5.41 Å². The second-order valence-electron chi connectivity index (χ2n) is 16.5. The smallest absolute Gasteiger partial charge is 0.0546 e. The zero-order valence-corrected chi connectivity index (χ0v) is 33.8. The molecule has 0 aromatic heterocycles. The molecular weight excluding hydrogens is 723 g/mol. The maximum atomic E-state index is 2.51. The molecule has 60 heavy (non-hydrogen) atoms. The van der Waals surface area contributed by atoms with Crippen molar-refractivity contribution in [3.63, 3.8) is 0 Å². The van der Waals surface area contributed by atoms with E-state index in [-0.39, 0.29) is 5.41 Å². The average molecular weight is 766 g/mol. The Hall–Kier alpha value is -7.48. The van der Waals surface area contributed by atoms with E-state index in [2.05, 4.69) is 243 Å². The van der Waals surface area contributed by atoms with Crippen LogP contribution in [0.4, 0.5) is 17.1 Å². The number of para-hydroxylation sites is 1. The van der Waals surface area contributed by atoms with Crippen LogP contribution in [-0.4, -0.2) is 0 Å². The zero-order chi connectivity index (χ0) is 40.2. The average Bonchev–Trinajstić information content (AvgIpc) is 3.54. The van der Waals surface area contributed by atoms with Crippen LogP contribution < -0.4 is 4.90 Å². The first-order valence-electron chi connectivity index (χ1n) is 20.9. The molecule has 0 amide bonds. The van der Waals surface area contributed by atoms with Gasteiger partial charge in [-0.15, -0.1) is 0 Å². The molecule has 1 aliphatic carbocycles. The molecule has 1 aliphatic rings. The van der Waals surface area contributed by atoms with Gasteiger partial charge in [-0.05, 0) is 108 Å². The van der Waals surface area contributed by atoms with Gasteiger partial charge in [-0.1, -0.05) is 208 Å². The molecule has 0 fully saturated rings. The third-order valence-corrected chi connectivity index (χ3v) is 12.7. The first kappa shape index (κ1) is 35.7. The van der Waals surface area contributed by atoms with Crippen molar-refractivity contribution in [3.8, 4) is 55.6 Å². The summed E-state index contributed by atoms with van der Waals surface area (Å²) in [6.45, 7) is 4.73. The molecular formula is C59H43N. The fourth-order valence-corrected chi connectivity index (χ4v) is 9.77. The summed E-state index contributed by atoms with van der Waals surface area (Å²) in [5.74, 6) is 0. The minimum Gasteiger partial charge on any atom is -0.309 e. The maximum absolute atomic E-state index is 2.51. The molecule has 284 valence electrons. The molecule has 0 bridgehead atoms. The van der Waals surface area contributed by atoms with E-state index in [1.54, 1.807) is 0 Å². The number of rotatable bonds is 7. The fraction of sp³-hybridized carbons (Fsp3) is 0.0508. The number of fused-ring (bicyclic) bond motifs is 6. The van der Waals surface area contributed by atoms with Crippen LogP contribution in [0.1, 0.15) is 25.0 Å². The lowest BCUT2D eigenvalue weighted by atomic mass is 9.81. The third-order valence-electron chi connectivity index (χ3n) is 12.7. The third kappa shape index (κ3) is 5.85. The molecule has 0 saturated heterocycles. The van der Waals surface area contributed by atoms with Gasteiger partial charge in [-0.2, -0.15) is 0 Å². The Morgan fingerprint density at radius 3 is 1.68 bits per heavy atom. The zero-order valence-electron chi connectivity index (χ0n) is 33.8. The summed E-state index contributed by atoms with van der Waals surface area (Å²) in [6.07, 6.45) is 0. The van der Waals surface area contributed by atoms with Gasteiger partial charge in [0.2, 0.25) is 0 Å². The van der Waals surface area contributed by atoms with E-state index < -0.39 is 0 Å². The molecule has 0 N–H and O–H groups in total. The van der Waals surface area contributed by atoms with Crippen molar-refractivity contribution in [2.45, 2.75) is 19.3 Å². The van der Waals surface area contributed by atoms with Crippen LogP contribution in [0, 0.1) is 0 Å².